The van der Waals surface area contributed by atoms with Crippen LogP contribution >= 0.6 is 0 Å². The summed E-state index contributed by atoms with van der Waals surface area (Å²) in [6.45, 7) is 3.92. The molecule has 1 aliphatic heterocycles. The van der Waals surface area contributed by atoms with Crippen LogP contribution in [0.25, 0.3) is 6.08 Å². The molecule has 1 saturated heterocycles. The van der Waals surface area contributed by atoms with E-state index in [2.05, 4.69) is 77.7 Å². The van der Waals surface area contributed by atoms with Crippen LogP contribution in [-0.2, 0) is 18.6 Å². The standard InChI is InChI=1S/C27H27NO/c1-2-6-23(7-3-1)21-29-25-12-10-22(11-13-25)20-28-18-16-27(17-19-28)15-14-24-8-4-5-9-26(24)27/h1-15H,16-21H2. The zero-order valence-corrected chi connectivity index (χ0v) is 16.8. The van der Waals surface area contributed by atoms with Gasteiger partial charge in [0.2, 0.25) is 0 Å². The van der Waals surface area contributed by atoms with Gasteiger partial charge >= 0.3 is 0 Å². The summed E-state index contributed by atoms with van der Waals surface area (Å²) < 4.78 is 5.91. The van der Waals surface area contributed by atoms with Gasteiger partial charge in [0.25, 0.3) is 0 Å². The van der Waals surface area contributed by atoms with Gasteiger partial charge in [-0.3, -0.25) is 4.90 Å². The quantitative estimate of drug-likeness (QED) is 0.552. The molecule has 1 aliphatic carbocycles. The van der Waals surface area contributed by atoms with Crippen molar-refractivity contribution in [2.75, 3.05) is 13.1 Å². The second-order valence-corrected chi connectivity index (χ2v) is 8.27. The molecule has 1 heterocycles. The maximum atomic E-state index is 5.91. The van der Waals surface area contributed by atoms with Crippen molar-refractivity contribution in [3.8, 4) is 5.75 Å². The van der Waals surface area contributed by atoms with Crippen molar-refractivity contribution >= 4 is 6.08 Å². The summed E-state index contributed by atoms with van der Waals surface area (Å²) in [5, 5.41) is 0. The first kappa shape index (κ1) is 18.2. The first-order valence-electron chi connectivity index (χ1n) is 10.6. The summed E-state index contributed by atoms with van der Waals surface area (Å²) in [6, 6.07) is 27.8. The molecule has 2 aliphatic rings. The molecule has 0 atom stereocenters. The lowest BCUT2D eigenvalue weighted by molar-refractivity contribution is 0.177. The van der Waals surface area contributed by atoms with Crippen LogP contribution in [0.2, 0.25) is 0 Å². The monoisotopic (exact) mass is 381 g/mol. The number of piperidine rings is 1. The van der Waals surface area contributed by atoms with Crippen molar-refractivity contribution in [1.82, 2.24) is 4.90 Å². The van der Waals surface area contributed by atoms with E-state index in [9.17, 15) is 0 Å². The van der Waals surface area contributed by atoms with E-state index in [1.54, 1.807) is 0 Å². The number of rotatable bonds is 5. The third kappa shape index (κ3) is 3.86. The number of fused-ring (bicyclic) bond motifs is 2. The molecule has 1 fully saturated rings. The Kier molecular flexibility index (Phi) is 4.95. The molecular formula is C27H27NO. The zero-order chi connectivity index (χ0) is 19.5. The van der Waals surface area contributed by atoms with E-state index >= 15 is 0 Å². The number of likely N-dealkylation sites (tertiary alicyclic amines) is 1. The summed E-state index contributed by atoms with van der Waals surface area (Å²) in [4.78, 5) is 2.58. The van der Waals surface area contributed by atoms with Gasteiger partial charge in [-0.1, -0.05) is 78.9 Å². The highest BCUT2D eigenvalue weighted by atomic mass is 16.5. The summed E-state index contributed by atoms with van der Waals surface area (Å²) in [5.74, 6) is 0.933. The molecule has 146 valence electrons. The number of nitrogens with zero attached hydrogens (tertiary/aromatic N) is 1. The van der Waals surface area contributed by atoms with Crippen LogP contribution < -0.4 is 4.74 Å². The Morgan fingerprint density at radius 1 is 0.759 bits per heavy atom. The van der Waals surface area contributed by atoms with Gasteiger partial charge in [-0.2, -0.15) is 0 Å². The Labute approximate surface area is 173 Å². The summed E-state index contributed by atoms with van der Waals surface area (Å²) in [5.41, 5.74) is 5.76. The summed E-state index contributed by atoms with van der Waals surface area (Å²) >= 11 is 0. The zero-order valence-electron chi connectivity index (χ0n) is 16.8. The van der Waals surface area contributed by atoms with Crippen LogP contribution in [0.3, 0.4) is 0 Å². The molecule has 3 aromatic carbocycles. The first-order chi connectivity index (χ1) is 14.3. The van der Waals surface area contributed by atoms with E-state index in [1.807, 2.05) is 18.2 Å². The van der Waals surface area contributed by atoms with E-state index in [4.69, 9.17) is 4.74 Å². The molecule has 0 bridgehead atoms. The molecule has 0 radical (unpaired) electrons. The Balaban J connectivity index is 1.16. The molecular weight excluding hydrogens is 354 g/mol. The number of ether oxygens (including phenoxy) is 1. The molecule has 3 aromatic rings. The number of hydrogen-bond donors (Lipinski definition) is 0. The molecule has 2 heteroatoms. The van der Waals surface area contributed by atoms with Gasteiger partial charge in [0, 0.05) is 12.0 Å². The van der Waals surface area contributed by atoms with Crippen molar-refractivity contribution in [1.29, 1.82) is 0 Å². The van der Waals surface area contributed by atoms with E-state index in [0.29, 0.717) is 6.61 Å². The second kappa shape index (κ2) is 7.88. The molecule has 5 rings (SSSR count). The third-order valence-electron chi connectivity index (χ3n) is 6.41. The van der Waals surface area contributed by atoms with E-state index in [1.165, 1.54) is 35.1 Å². The summed E-state index contributed by atoms with van der Waals surface area (Å²) in [7, 11) is 0. The smallest absolute Gasteiger partial charge is 0.119 e. The van der Waals surface area contributed by atoms with Crippen molar-refractivity contribution in [2.45, 2.75) is 31.4 Å². The third-order valence-corrected chi connectivity index (χ3v) is 6.41. The van der Waals surface area contributed by atoms with Crippen LogP contribution in [0.1, 0.15) is 35.1 Å². The lowest BCUT2D eigenvalue weighted by Gasteiger charge is -2.39. The van der Waals surface area contributed by atoms with Crippen LogP contribution in [0.4, 0.5) is 0 Å². The van der Waals surface area contributed by atoms with Gasteiger partial charge in [-0.15, -0.1) is 0 Å². The second-order valence-electron chi connectivity index (χ2n) is 8.27. The minimum atomic E-state index is 0.266. The largest absolute Gasteiger partial charge is 0.489 e. The van der Waals surface area contributed by atoms with Crippen LogP contribution in [0, 0.1) is 0 Å². The predicted octanol–water partition coefficient (Wildman–Crippen LogP) is 5.83. The highest BCUT2D eigenvalue weighted by molar-refractivity contribution is 5.65. The maximum absolute atomic E-state index is 5.91. The minimum absolute atomic E-state index is 0.266. The van der Waals surface area contributed by atoms with E-state index < -0.39 is 0 Å². The van der Waals surface area contributed by atoms with Crippen LogP contribution in [0.5, 0.6) is 5.75 Å². The minimum Gasteiger partial charge on any atom is -0.489 e. The fraction of sp³-hybridized carbons (Fsp3) is 0.259. The predicted molar refractivity (Wildman–Crippen MR) is 119 cm³/mol. The fourth-order valence-electron chi connectivity index (χ4n) is 4.67. The molecule has 0 saturated carbocycles. The van der Waals surface area contributed by atoms with Crippen molar-refractivity contribution in [3.05, 3.63) is 107 Å². The Hall–Kier alpha value is -2.84. The Morgan fingerprint density at radius 2 is 1.48 bits per heavy atom. The van der Waals surface area contributed by atoms with E-state index in [-0.39, 0.29) is 5.41 Å². The van der Waals surface area contributed by atoms with E-state index in [0.717, 1.165) is 25.4 Å². The Morgan fingerprint density at radius 3 is 2.28 bits per heavy atom. The summed E-state index contributed by atoms with van der Waals surface area (Å²) in [6.07, 6.45) is 7.19. The average Bonchev–Trinajstić information content (AvgIpc) is 3.14. The molecule has 0 aromatic heterocycles. The van der Waals surface area contributed by atoms with Gasteiger partial charge in [0.05, 0.1) is 0 Å². The first-order valence-corrected chi connectivity index (χ1v) is 10.6. The molecule has 1 spiro atoms. The van der Waals surface area contributed by atoms with Crippen LogP contribution in [-0.4, -0.2) is 18.0 Å². The van der Waals surface area contributed by atoms with Crippen LogP contribution in [0.15, 0.2) is 84.9 Å². The van der Waals surface area contributed by atoms with Gasteiger partial charge in [-0.05, 0) is 60.3 Å². The normalized spacial score (nSPS) is 17.4. The highest BCUT2D eigenvalue weighted by Gasteiger charge is 2.37. The highest BCUT2D eigenvalue weighted by Crippen LogP contribution is 2.43. The lowest BCUT2D eigenvalue weighted by atomic mass is 9.74. The van der Waals surface area contributed by atoms with Gasteiger partial charge in [0.1, 0.15) is 12.4 Å². The fourth-order valence-corrected chi connectivity index (χ4v) is 4.67. The number of benzene rings is 3. The molecule has 0 amide bonds. The molecule has 2 nitrogen and oxygen atoms in total. The van der Waals surface area contributed by atoms with Gasteiger partial charge < -0.3 is 4.74 Å². The lowest BCUT2D eigenvalue weighted by Crippen LogP contribution is -2.40. The molecule has 0 unspecified atom stereocenters. The van der Waals surface area contributed by atoms with Crippen molar-refractivity contribution in [2.24, 2.45) is 0 Å². The molecule has 0 N–H and O–H groups in total. The van der Waals surface area contributed by atoms with Gasteiger partial charge in [-0.25, -0.2) is 0 Å². The average molecular weight is 382 g/mol. The maximum Gasteiger partial charge on any atom is 0.119 e. The SMILES string of the molecule is C1=CC2(CCN(Cc3ccc(OCc4ccccc4)cc3)CC2)c2ccccc21. The van der Waals surface area contributed by atoms with Crippen molar-refractivity contribution in [3.63, 3.8) is 0 Å². The topological polar surface area (TPSA) is 12.5 Å². The van der Waals surface area contributed by atoms with Crippen molar-refractivity contribution < 1.29 is 4.74 Å². The molecule has 29 heavy (non-hydrogen) atoms. The Bertz CT molecular complexity index is 983. The van der Waals surface area contributed by atoms with Gasteiger partial charge in [0.15, 0.2) is 0 Å². The number of allylic oxidation sites excluding steroid dienone is 1. The number of hydrogen-bond acceptors (Lipinski definition) is 2.